The fourth-order valence-corrected chi connectivity index (χ4v) is 1.95. The highest BCUT2D eigenvalue weighted by Gasteiger charge is 2.08. The summed E-state index contributed by atoms with van der Waals surface area (Å²) >= 11 is 3.13. The minimum Gasteiger partial charge on any atom is -0.323 e. The number of rotatable bonds is 3. The molecule has 1 N–H and O–H groups in total. The minimum absolute atomic E-state index is 0.00668. The van der Waals surface area contributed by atoms with Crippen LogP contribution in [0.5, 0.6) is 0 Å². The van der Waals surface area contributed by atoms with Crippen LogP contribution in [0.2, 0.25) is 0 Å². The lowest BCUT2D eigenvalue weighted by Gasteiger charge is -2.07. The van der Waals surface area contributed by atoms with E-state index in [0.29, 0.717) is 10.0 Å². The molecule has 0 saturated carbocycles. The third kappa shape index (κ3) is 3.86. The summed E-state index contributed by atoms with van der Waals surface area (Å²) in [5.41, 5.74) is 0.639. The largest absolute Gasteiger partial charge is 0.323 e. The van der Waals surface area contributed by atoms with Crippen molar-refractivity contribution in [3.8, 4) is 0 Å². The number of carbonyl (C=O) groups excluding carboxylic acids is 1. The van der Waals surface area contributed by atoms with E-state index in [9.17, 15) is 13.6 Å². The van der Waals surface area contributed by atoms with Crippen molar-refractivity contribution in [1.82, 2.24) is 0 Å². The van der Waals surface area contributed by atoms with Crippen LogP contribution in [0.15, 0.2) is 46.9 Å². The van der Waals surface area contributed by atoms with Crippen molar-refractivity contribution < 1.29 is 13.6 Å². The molecule has 0 aromatic heterocycles. The van der Waals surface area contributed by atoms with Gasteiger partial charge in [-0.05, 0) is 35.9 Å². The van der Waals surface area contributed by atoms with Crippen LogP contribution in [0.1, 0.15) is 5.56 Å². The van der Waals surface area contributed by atoms with Crippen LogP contribution in [0.4, 0.5) is 14.5 Å². The van der Waals surface area contributed by atoms with Crippen LogP contribution in [0.3, 0.4) is 0 Å². The van der Waals surface area contributed by atoms with Gasteiger partial charge in [0.2, 0.25) is 5.91 Å². The predicted molar refractivity (Wildman–Crippen MR) is 72.8 cm³/mol. The second-order valence-corrected chi connectivity index (χ2v) is 4.89. The second-order valence-electron chi connectivity index (χ2n) is 3.98. The number of hydrogen-bond donors (Lipinski definition) is 1. The van der Waals surface area contributed by atoms with Gasteiger partial charge >= 0.3 is 0 Å². The quantitative estimate of drug-likeness (QED) is 0.910. The Bertz CT molecular complexity index is 616. The van der Waals surface area contributed by atoms with E-state index in [-0.39, 0.29) is 12.1 Å². The summed E-state index contributed by atoms with van der Waals surface area (Å²) in [7, 11) is 0. The van der Waals surface area contributed by atoms with Crippen molar-refractivity contribution in [2.45, 2.75) is 6.42 Å². The number of amides is 1. The molecule has 1 amide bonds. The third-order valence-electron chi connectivity index (χ3n) is 2.46. The van der Waals surface area contributed by atoms with E-state index in [1.807, 2.05) is 0 Å². The molecule has 0 aliphatic carbocycles. The fourth-order valence-electron chi connectivity index (χ4n) is 1.62. The minimum atomic E-state index is -0.526. The predicted octanol–water partition coefficient (Wildman–Crippen LogP) is 3.91. The maximum atomic E-state index is 13.5. The van der Waals surface area contributed by atoms with Gasteiger partial charge in [-0.2, -0.15) is 0 Å². The standard InChI is InChI=1S/C14H10BrF2NO/c15-10-4-5-13(12(17)8-10)18-14(19)7-9-2-1-3-11(16)6-9/h1-6,8H,7H2,(H,18,19). The van der Waals surface area contributed by atoms with Crippen molar-refractivity contribution in [3.05, 3.63) is 64.1 Å². The van der Waals surface area contributed by atoms with Gasteiger partial charge < -0.3 is 5.32 Å². The van der Waals surface area contributed by atoms with E-state index in [0.717, 1.165) is 0 Å². The lowest BCUT2D eigenvalue weighted by molar-refractivity contribution is -0.115. The molecule has 2 aromatic carbocycles. The smallest absolute Gasteiger partial charge is 0.228 e. The molecule has 2 aromatic rings. The van der Waals surface area contributed by atoms with Gasteiger partial charge in [0.05, 0.1) is 12.1 Å². The average Bonchev–Trinajstić information content (AvgIpc) is 2.33. The lowest BCUT2D eigenvalue weighted by Crippen LogP contribution is -2.15. The van der Waals surface area contributed by atoms with E-state index in [1.54, 1.807) is 12.1 Å². The molecule has 0 saturated heterocycles. The van der Waals surface area contributed by atoms with Gasteiger partial charge in [0.25, 0.3) is 0 Å². The average molecular weight is 326 g/mol. The summed E-state index contributed by atoms with van der Waals surface area (Å²) in [4.78, 5) is 11.7. The molecule has 0 fully saturated rings. The van der Waals surface area contributed by atoms with E-state index in [2.05, 4.69) is 21.2 Å². The molecule has 0 heterocycles. The van der Waals surface area contributed by atoms with Gasteiger partial charge in [-0.1, -0.05) is 28.1 Å². The lowest BCUT2D eigenvalue weighted by atomic mass is 10.1. The van der Waals surface area contributed by atoms with Crippen LogP contribution in [0.25, 0.3) is 0 Å². The molecule has 0 aliphatic heterocycles. The molecule has 2 nitrogen and oxygen atoms in total. The molecule has 2 rings (SSSR count). The first-order valence-corrected chi connectivity index (χ1v) is 6.33. The summed E-state index contributed by atoms with van der Waals surface area (Å²) < 4.78 is 27.1. The highest BCUT2D eigenvalue weighted by atomic mass is 79.9. The van der Waals surface area contributed by atoms with Gasteiger partial charge in [-0.3, -0.25) is 4.79 Å². The van der Waals surface area contributed by atoms with E-state index >= 15 is 0 Å². The zero-order chi connectivity index (χ0) is 13.8. The number of nitrogens with one attached hydrogen (secondary N) is 1. The summed E-state index contributed by atoms with van der Waals surface area (Å²) in [5.74, 6) is -1.33. The maximum absolute atomic E-state index is 13.5. The molecule has 0 unspecified atom stereocenters. The number of halogens is 3. The van der Waals surface area contributed by atoms with Gasteiger partial charge in [0, 0.05) is 4.47 Å². The van der Waals surface area contributed by atoms with Crippen LogP contribution in [-0.2, 0) is 11.2 Å². The summed E-state index contributed by atoms with van der Waals surface area (Å²) in [6, 6.07) is 10.1. The molecular weight excluding hydrogens is 316 g/mol. The first kappa shape index (κ1) is 13.7. The maximum Gasteiger partial charge on any atom is 0.228 e. The van der Waals surface area contributed by atoms with Crippen molar-refractivity contribution in [2.24, 2.45) is 0 Å². The van der Waals surface area contributed by atoms with Crippen molar-refractivity contribution in [1.29, 1.82) is 0 Å². The molecule has 0 atom stereocenters. The first-order valence-electron chi connectivity index (χ1n) is 5.54. The van der Waals surface area contributed by atoms with E-state index in [4.69, 9.17) is 0 Å². The topological polar surface area (TPSA) is 29.1 Å². The summed E-state index contributed by atoms with van der Waals surface area (Å²) in [6.45, 7) is 0. The van der Waals surface area contributed by atoms with Crippen LogP contribution < -0.4 is 5.32 Å². The fraction of sp³-hybridized carbons (Fsp3) is 0.0714. The Morgan fingerprint density at radius 2 is 1.95 bits per heavy atom. The van der Waals surface area contributed by atoms with Gasteiger partial charge in [-0.15, -0.1) is 0 Å². The Morgan fingerprint density at radius 1 is 1.16 bits per heavy atom. The van der Waals surface area contributed by atoms with Gasteiger partial charge in [0.15, 0.2) is 0 Å². The molecule has 0 spiro atoms. The van der Waals surface area contributed by atoms with Crippen molar-refractivity contribution in [3.63, 3.8) is 0 Å². The van der Waals surface area contributed by atoms with Crippen molar-refractivity contribution >= 4 is 27.5 Å². The Kier molecular flexibility index (Phi) is 4.27. The number of anilines is 1. The zero-order valence-corrected chi connectivity index (χ0v) is 11.4. The monoisotopic (exact) mass is 325 g/mol. The zero-order valence-electron chi connectivity index (χ0n) is 9.79. The Labute approximate surface area is 117 Å². The highest BCUT2D eigenvalue weighted by Crippen LogP contribution is 2.19. The first-order chi connectivity index (χ1) is 9.04. The summed E-state index contributed by atoms with van der Waals surface area (Å²) in [6.07, 6.45) is -0.00668. The molecule has 0 bridgehead atoms. The van der Waals surface area contributed by atoms with Crippen LogP contribution >= 0.6 is 15.9 Å². The number of carbonyl (C=O) groups is 1. The van der Waals surface area contributed by atoms with Crippen molar-refractivity contribution in [2.75, 3.05) is 5.32 Å². The molecule has 0 radical (unpaired) electrons. The Hall–Kier alpha value is -1.75. The van der Waals surface area contributed by atoms with E-state index in [1.165, 1.54) is 30.3 Å². The van der Waals surface area contributed by atoms with Crippen LogP contribution in [-0.4, -0.2) is 5.91 Å². The van der Waals surface area contributed by atoms with E-state index < -0.39 is 17.5 Å². The molecular formula is C14H10BrF2NO. The molecule has 19 heavy (non-hydrogen) atoms. The molecule has 98 valence electrons. The Morgan fingerprint density at radius 3 is 2.63 bits per heavy atom. The number of benzene rings is 2. The number of hydrogen-bond acceptors (Lipinski definition) is 1. The Balaban J connectivity index is 2.05. The highest BCUT2D eigenvalue weighted by molar-refractivity contribution is 9.10. The SMILES string of the molecule is O=C(Cc1cccc(F)c1)Nc1ccc(Br)cc1F. The van der Waals surface area contributed by atoms with Gasteiger partial charge in [0.1, 0.15) is 11.6 Å². The van der Waals surface area contributed by atoms with Crippen LogP contribution in [0, 0.1) is 11.6 Å². The van der Waals surface area contributed by atoms with Gasteiger partial charge in [-0.25, -0.2) is 8.78 Å². The second kappa shape index (κ2) is 5.93. The third-order valence-corrected chi connectivity index (χ3v) is 2.95. The molecule has 5 heteroatoms. The summed E-state index contributed by atoms with van der Waals surface area (Å²) in [5, 5.41) is 2.45. The normalized spacial score (nSPS) is 10.3. The molecule has 0 aliphatic rings.